The van der Waals surface area contributed by atoms with E-state index in [0.717, 1.165) is 5.56 Å². The van der Waals surface area contributed by atoms with E-state index in [0.29, 0.717) is 17.9 Å². The Morgan fingerprint density at radius 3 is 2.23 bits per heavy atom. The third-order valence-electron chi connectivity index (χ3n) is 3.45. The van der Waals surface area contributed by atoms with Crippen LogP contribution in [-0.4, -0.2) is 18.8 Å². The van der Waals surface area contributed by atoms with Gasteiger partial charge >= 0.3 is 0 Å². The highest BCUT2D eigenvalue weighted by Crippen LogP contribution is 2.17. The zero-order chi connectivity index (χ0) is 15.9. The molecule has 0 fully saturated rings. The number of hydrogen-bond donors (Lipinski definition) is 1. The fraction of sp³-hybridized carbons (Fsp3) is 0.222. The topological polar surface area (TPSA) is 55.4 Å². The van der Waals surface area contributed by atoms with Gasteiger partial charge in [-0.15, -0.1) is 0 Å². The standard InChI is InChI=1S/C18H19NO3/c1-13(20)17(12-14-6-4-3-5-7-14)18(21)19-15-8-10-16(22-2)11-9-15/h3-11,17H,12H2,1-2H3,(H,19,21). The summed E-state index contributed by atoms with van der Waals surface area (Å²) >= 11 is 0. The Labute approximate surface area is 130 Å². The minimum absolute atomic E-state index is 0.144. The normalized spacial score (nSPS) is 11.5. The first-order chi connectivity index (χ1) is 10.6. The molecule has 0 aromatic heterocycles. The lowest BCUT2D eigenvalue weighted by molar-refractivity contribution is -0.129. The number of Topliss-reactive ketones (excluding diaryl/α,β-unsaturated/α-hetero) is 1. The highest BCUT2D eigenvalue weighted by molar-refractivity contribution is 6.06. The van der Waals surface area contributed by atoms with Gasteiger partial charge in [0.15, 0.2) is 0 Å². The monoisotopic (exact) mass is 297 g/mol. The summed E-state index contributed by atoms with van der Waals surface area (Å²) in [6.45, 7) is 1.45. The van der Waals surface area contributed by atoms with Gasteiger partial charge in [-0.1, -0.05) is 30.3 Å². The molecule has 1 amide bonds. The van der Waals surface area contributed by atoms with Crippen molar-refractivity contribution < 1.29 is 14.3 Å². The van der Waals surface area contributed by atoms with Crippen molar-refractivity contribution in [2.45, 2.75) is 13.3 Å². The largest absolute Gasteiger partial charge is 0.497 e. The van der Waals surface area contributed by atoms with Gasteiger partial charge in [-0.3, -0.25) is 9.59 Å². The second kappa shape index (κ2) is 7.41. The highest BCUT2D eigenvalue weighted by atomic mass is 16.5. The summed E-state index contributed by atoms with van der Waals surface area (Å²) in [5.41, 5.74) is 1.61. The first-order valence-electron chi connectivity index (χ1n) is 7.09. The van der Waals surface area contributed by atoms with E-state index in [4.69, 9.17) is 4.74 Å². The maximum atomic E-state index is 12.3. The number of ketones is 1. The molecule has 4 heteroatoms. The molecule has 114 valence electrons. The molecule has 2 aromatic carbocycles. The van der Waals surface area contributed by atoms with E-state index in [-0.39, 0.29) is 11.7 Å². The number of hydrogen-bond acceptors (Lipinski definition) is 3. The smallest absolute Gasteiger partial charge is 0.235 e. The Hall–Kier alpha value is -2.62. The van der Waals surface area contributed by atoms with Gasteiger partial charge in [0.1, 0.15) is 17.5 Å². The van der Waals surface area contributed by atoms with E-state index in [9.17, 15) is 9.59 Å². The zero-order valence-electron chi connectivity index (χ0n) is 12.7. The molecule has 22 heavy (non-hydrogen) atoms. The van der Waals surface area contributed by atoms with Crippen molar-refractivity contribution in [3.63, 3.8) is 0 Å². The Morgan fingerprint density at radius 2 is 1.68 bits per heavy atom. The van der Waals surface area contributed by atoms with Crippen LogP contribution in [-0.2, 0) is 16.0 Å². The number of amides is 1. The number of methoxy groups -OCH3 is 1. The van der Waals surface area contributed by atoms with Crippen LogP contribution in [0, 0.1) is 5.92 Å². The average Bonchev–Trinajstić information content (AvgIpc) is 2.54. The maximum absolute atomic E-state index is 12.3. The molecule has 0 saturated carbocycles. The van der Waals surface area contributed by atoms with Crippen LogP contribution in [0.15, 0.2) is 54.6 Å². The summed E-state index contributed by atoms with van der Waals surface area (Å²) in [7, 11) is 1.58. The number of anilines is 1. The SMILES string of the molecule is COc1ccc(NC(=O)C(Cc2ccccc2)C(C)=O)cc1. The fourth-order valence-corrected chi connectivity index (χ4v) is 2.17. The molecule has 0 bridgehead atoms. The van der Waals surface area contributed by atoms with Crippen molar-refractivity contribution in [2.75, 3.05) is 12.4 Å². The van der Waals surface area contributed by atoms with Crippen LogP contribution in [0.4, 0.5) is 5.69 Å². The second-order valence-corrected chi connectivity index (χ2v) is 5.07. The van der Waals surface area contributed by atoms with Crippen LogP contribution in [0.3, 0.4) is 0 Å². The lowest BCUT2D eigenvalue weighted by Gasteiger charge is -2.14. The Morgan fingerprint density at radius 1 is 1.05 bits per heavy atom. The molecule has 0 radical (unpaired) electrons. The van der Waals surface area contributed by atoms with Crippen molar-refractivity contribution in [3.8, 4) is 5.75 Å². The van der Waals surface area contributed by atoms with Gasteiger partial charge in [-0.05, 0) is 43.2 Å². The van der Waals surface area contributed by atoms with E-state index < -0.39 is 5.92 Å². The summed E-state index contributed by atoms with van der Waals surface area (Å²) in [5, 5.41) is 2.78. The quantitative estimate of drug-likeness (QED) is 0.834. The molecular formula is C18H19NO3. The van der Waals surface area contributed by atoms with E-state index in [1.807, 2.05) is 30.3 Å². The number of benzene rings is 2. The molecule has 0 aliphatic heterocycles. The van der Waals surface area contributed by atoms with Crippen molar-refractivity contribution in [2.24, 2.45) is 5.92 Å². The number of nitrogens with one attached hydrogen (secondary N) is 1. The van der Waals surface area contributed by atoms with Gasteiger partial charge < -0.3 is 10.1 Å². The van der Waals surface area contributed by atoms with Crippen molar-refractivity contribution >= 4 is 17.4 Å². The third kappa shape index (κ3) is 4.19. The van der Waals surface area contributed by atoms with Gasteiger partial charge in [-0.2, -0.15) is 0 Å². The number of carbonyl (C=O) groups is 2. The Balaban J connectivity index is 2.07. The molecular weight excluding hydrogens is 278 g/mol. The van der Waals surface area contributed by atoms with Crippen LogP contribution in [0.2, 0.25) is 0 Å². The molecule has 0 aliphatic carbocycles. The van der Waals surface area contributed by atoms with Crippen LogP contribution < -0.4 is 10.1 Å². The Bertz CT molecular complexity index is 635. The van der Waals surface area contributed by atoms with E-state index in [1.54, 1.807) is 31.4 Å². The fourth-order valence-electron chi connectivity index (χ4n) is 2.17. The van der Waals surface area contributed by atoms with Crippen molar-refractivity contribution in [1.29, 1.82) is 0 Å². The van der Waals surface area contributed by atoms with Crippen LogP contribution in [0.1, 0.15) is 12.5 Å². The van der Waals surface area contributed by atoms with Gasteiger partial charge in [0.05, 0.1) is 7.11 Å². The predicted molar refractivity (Wildman–Crippen MR) is 85.9 cm³/mol. The lowest BCUT2D eigenvalue weighted by Crippen LogP contribution is -2.30. The van der Waals surface area contributed by atoms with E-state index >= 15 is 0 Å². The first-order valence-corrected chi connectivity index (χ1v) is 7.09. The van der Waals surface area contributed by atoms with E-state index in [2.05, 4.69) is 5.32 Å². The molecule has 1 N–H and O–H groups in total. The average molecular weight is 297 g/mol. The molecule has 2 aromatic rings. The minimum atomic E-state index is -0.690. The second-order valence-electron chi connectivity index (χ2n) is 5.07. The minimum Gasteiger partial charge on any atom is -0.497 e. The van der Waals surface area contributed by atoms with Crippen LogP contribution in [0.25, 0.3) is 0 Å². The summed E-state index contributed by atoms with van der Waals surface area (Å²) < 4.78 is 5.07. The molecule has 0 heterocycles. The number of rotatable bonds is 6. The van der Waals surface area contributed by atoms with Crippen molar-refractivity contribution in [1.82, 2.24) is 0 Å². The third-order valence-corrected chi connectivity index (χ3v) is 3.45. The summed E-state index contributed by atoms with van der Waals surface area (Å²) in [6, 6.07) is 16.5. The van der Waals surface area contributed by atoms with Crippen LogP contribution in [0.5, 0.6) is 5.75 Å². The lowest BCUT2D eigenvalue weighted by atomic mass is 9.95. The van der Waals surface area contributed by atoms with Crippen molar-refractivity contribution in [3.05, 3.63) is 60.2 Å². The van der Waals surface area contributed by atoms with Gasteiger partial charge in [0.25, 0.3) is 0 Å². The molecule has 4 nitrogen and oxygen atoms in total. The molecule has 0 aliphatic rings. The maximum Gasteiger partial charge on any atom is 0.235 e. The van der Waals surface area contributed by atoms with Gasteiger partial charge in [0.2, 0.25) is 5.91 Å². The molecule has 0 spiro atoms. The molecule has 1 atom stereocenters. The number of ether oxygens (including phenoxy) is 1. The zero-order valence-corrected chi connectivity index (χ0v) is 12.7. The van der Waals surface area contributed by atoms with Crippen LogP contribution >= 0.6 is 0 Å². The first kappa shape index (κ1) is 15.8. The summed E-state index contributed by atoms with van der Waals surface area (Å²) in [5.74, 6) is -0.411. The Kier molecular flexibility index (Phi) is 5.31. The summed E-state index contributed by atoms with van der Waals surface area (Å²) in [4.78, 5) is 24.1. The van der Waals surface area contributed by atoms with Gasteiger partial charge in [0, 0.05) is 5.69 Å². The van der Waals surface area contributed by atoms with Gasteiger partial charge in [-0.25, -0.2) is 0 Å². The predicted octanol–water partition coefficient (Wildman–Crippen LogP) is 3.08. The molecule has 1 unspecified atom stereocenters. The number of carbonyl (C=O) groups excluding carboxylic acids is 2. The molecule has 0 saturated heterocycles. The highest BCUT2D eigenvalue weighted by Gasteiger charge is 2.23. The summed E-state index contributed by atoms with van der Waals surface area (Å²) in [6.07, 6.45) is 0.401. The molecule has 2 rings (SSSR count). The van der Waals surface area contributed by atoms with E-state index in [1.165, 1.54) is 6.92 Å².